The maximum atomic E-state index is 3.35. The number of nitrogens with one attached hydrogen (secondary N) is 2. The topological polar surface area (TPSA) is 24.1 Å². The smallest absolute Gasteiger partial charge is 0.0187 e. The summed E-state index contributed by atoms with van der Waals surface area (Å²) in [5.41, 5.74) is 7.08. The van der Waals surface area contributed by atoms with Crippen molar-refractivity contribution in [3.63, 3.8) is 0 Å². The lowest BCUT2D eigenvalue weighted by molar-refractivity contribution is 0.285. The molecule has 0 aromatic carbocycles. The molecule has 0 aromatic heterocycles. The van der Waals surface area contributed by atoms with Gasteiger partial charge in [0.05, 0.1) is 0 Å². The zero-order chi connectivity index (χ0) is 11.2. The van der Waals surface area contributed by atoms with Crippen LogP contribution in [0.4, 0.5) is 0 Å². The predicted octanol–water partition coefficient (Wildman–Crippen LogP) is 2.95. The van der Waals surface area contributed by atoms with E-state index in [1.807, 2.05) is 0 Å². The first-order valence-electron chi connectivity index (χ1n) is 5.85. The Morgan fingerprint density at radius 1 is 1.14 bits per heavy atom. The maximum Gasteiger partial charge on any atom is 0.0187 e. The van der Waals surface area contributed by atoms with Crippen LogP contribution in [0.3, 0.4) is 0 Å². The van der Waals surface area contributed by atoms with Gasteiger partial charge in [0, 0.05) is 12.6 Å². The van der Waals surface area contributed by atoms with E-state index in [1.54, 1.807) is 0 Å². The van der Waals surface area contributed by atoms with E-state index in [-0.39, 0.29) is 0 Å². The molecule has 2 nitrogen and oxygen atoms in total. The quantitative estimate of drug-likeness (QED) is 0.617. The van der Waals surface area contributed by atoms with E-state index in [1.165, 1.54) is 12.8 Å². The summed E-state index contributed by atoms with van der Waals surface area (Å²) in [7, 11) is 0. The van der Waals surface area contributed by atoms with E-state index in [0.717, 1.165) is 12.5 Å². The van der Waals surface area contributed by atoms with Gasteiger partial charge in [0.2, 0.25) is 0 Å². The fraction of sp³-hybridized carbons (Fsp3) is 1.00. The van der Waals surface area contributed by atoms with Crippen LogP contribution in [0.5, 0.6) is 0 Å². The molecule has 0 aromatic rings. The summed E-state index contributed by atoms with van der Waals surface area (Å²) >= 11 is 0. The van der Waals surface area contributed by atoms with Gasteiger partial charge < -0.3 is 0 Å². The van der Waals surface area contributed by atoms with Crippen molar-refractivity contribution < 1.29 is 0 Å². The summed E-state index contributed by atoms with van der Waals surface area (Å²) in [4.78, 5) is 0. The fourth-order valence-electron chi connectivity index (χ4n) is 1.36. The van der Waals surface area contributed by atoms with Crippen molar-refractivity contribution in [3.8, 4) is 0 Å². The Morgan fingerprint density at radius 3 is 2.14 bits per heavy atom. The molecule has 0 amide bonds. The number of rotatable bonds is 7. The molecule has 0 saturated heterocycles. The van der Waals surface area contributed by atoms with Crippen molar-refractivity contribution in [2.45, 2.75) is 60.4 Å². The van der Waals surface area contributed by atoms with Crippen LogP contribution < -0.4 is 10.9 Å². The van der Waals surface area contributed by atoms with Crippen molar-refractivity contribution in [2.24, 2.45) is 11.3 Å². The first-order chi connectivity index (χ1) is 6.37. The molecule has 14 heavy (non-hydrogen) atoms. The van der Waals surface area contributed by atoms with Gasteiger partial charge in [-0.05, 0) is 31.1 Å². The third kappa shape index (κ3) is 7.34. The van der Waals surface area contributed by atoms with Crippen molar-refractivity contribution in [2.75, 3.05) is 6.54 Å². The monoisotopic (exact) mass is 200 g/mol. The summed E-state index contributed by atoms with van der Waals surface area (Å²) < 4.78 is 0. The Morgan fingerprint density at radius 2 is 1.71 bits per heavy atom. The third-order valence-corrected chi connectivity index (χ3v) is 2.70. The molecule has 0 spiro atoms. The molecular formula is C12H28N2. The zero-order valence-corrected chi connectivity index (χ0v) is 10.8. The molecule has 1 atom stereocenters. The Balaban J connectivity index is 3.53. The van der Waals surface area contributed by atoms with E-state index < -0.39 is 0 Å². The minimum atomic E-state index is 0.393. The molecule has 86 valence electrons. The van der Waals surface area contributed by atoms with Gasteiger partial charge in [-0.15, -0.1) is 0 Å². The van der Waals surface area contributed by atoms with E-state index in [9.17, 15) is 0 Å². The lowest BCUT2D eigenvalue weighted by atomic mass is 9.91. The molecule has 2 N–H and O–H groups in total. The Bertz CT molecular complexity index is 141. The molecule has 0 radical (unpaired) electrons. The van der Waals surface area contributed by atoms with Gasteiger partial charge in [-0.3, -0.25) is 10.9 Å². The minimum absolute atomic E-state index is 0.393. The lowest BCUT2D eigenvalue weighted by Crippen LogP contribution is -2.44. The average molecular weight is 200 g/mol. The number of hydrogen-bond donors (Lipinski definition) is 2. The molecule has 0 aliphatic heterocycles. The van der Waals surface area contributed by atoms with Gasteiger partial charge in [0.1, 0.15) is 0 Å². The SMILES string of the molecule is CCC(C)(C)CNNC(C)CC(C)C. The van der Waals surface area contributed by atoms with Gasteiger partial charge >= 0.3 is 0 Å². The number of hydrogen-bond acceptors (Lipinski definition) is 2. The summed E-state index contributed by atoms with van der Waals surface area (Å²) in [5.74, 6) is 0.762. The standard InChI is InChI=1S/C12H28N2/c1-7-12(5,6)9-13-14-11(4)8-10(2)3/h10-11,13-14H,7-9H2,1-6H3. The fourth-order valence-corrected chi connectivity index (χ4v) is 1.36. The van der Waals surface area contributed by atoms with Crippen LogP contribution in [-0.4, -0.2) is 12.6 Å². The molecule has 0 aliphatic carbocycles. The molecule has 0 heterocycles. The van der Waals surface area contributed by atoms with Crippen LogP contribution in [0.25, 0.3) is 0 Å². The Labute approximate surface area is 89.8 Å². The Hall–Kier alpha value is -0.0800. The highest BCUT2D eigenvalue weighted by atomic mass is 15.4. The Kier molecular flexibility index (Phi) is 6.38. The second-order valence-corrected chi connectivity index (χ2v) is 5.55. The minimum Gasteiger partial charge on any atom is -0.257 e. The van der Waals surface area contributed by atoms with Crippen molar-refractivity contribution >= 4 is 0 Å². The zero-order valence-electron chi connectivity index (χ0n) is 10.8. The molecule has 1 unspecified atom stereocenters. The normalized spacial score (nSPS) is 14.8. The van der Waals surface area contributed by atoms with Crippen LogP contribution in [0.15, 0.2) is 0 Å². The van der Waals surface area contributed by atoms with E-state index in [4.69, 9.17) is 0 Å². The lowest BCUT2D eigenvalue weighted by Gasteiger charge is -2.25. The second-order valence-electron chi connectivity index (χ2n) is 5.55. The largest absolute Gasteiger partial charge is 0.257 e. The van der Waals surface area contributed by atoms with Gasteiger partial charge in [-0.2, -0.15) is 0 Å². The van der Waals surface area contributed by atoms with Crippen molar-refractivity contribution in [1.29, 1.82) is 0 Å². The van der Waals surface area contributed by atoms with Gasteiger partial charge in [0.25, 0.3) is 0 Å². The van der Waals surface area contributed by atoms with Gasteiger partial charge in [0.15, 0.2) is 0 Å². The number of hydrazine groups is 1. The molecule has 2 heteroatoms. The van der Waals surface area contributed by atoms with Crippen LogP contribution in [0.2, 0.25) is 0 Å². The molecular weight excluding hydrogens is 172 g/mol. The van der Waals surface area contributed by atoms with Crippen LogP contribution in [-0.2, 0) is 0 Å². The summed E-state index contributed by atoms with van der Waals surface area (Å²) in [5, 5.41) is 0. The molecule has 0 rings (SSSR count). The molecule has 0 fully saturated rings. The first kappa shape index (κ1) is 13.9. The highest BCUT2D eigenvalue weighted by molar-refractivity contribution is 4.69. The van der Waals surface area contributed by atoms with E-state index >= 15 is 0 Å². The summed E-state index contributed by atoms with van der Waals surface area (Å²) in [6.45, 7) is 14.6. The first-order valence-corrected chi connectivity index (χ1v) is 5.85. The maximum absolute atomic E-state index is 3.35. The van der Waals surface area contributed by atoms with Crippen LogP contribution in [0, 0.1) is 11.3 Å². The summed E-state index contributed by atoms with van der Waals surface area (Å²) in [6.07, 6.45) is 2.43. The van der Waals surface area contributed by atoms with Gasteiger partial charge in [-0.25, -0.2) is 0 Å². The molecule has 0 aliphatic rings. The van der Waals surface area contributed by atoms with Gasteiger partial charge in [-0.1, -0.05) is 34.6 Å². The highest BCUT2D eigenvalue weighted by Gasteiger charge is 2.14. The van der Waals surface area contributed by atoms with Crippen LogP contribution in [0.1, 0.15) is 54.4 Å². The van der Waals surface area contributed by atoms with Crippen molar-refractivity contribution in [3.05, 3.63) is 0 Å². The second kappa shape index (κ2) is 6.41. The summed E-state index contributed by atoms with van der Waals surface area (Å²) in [6, 6.07) is 0.558. The van der Waals surface area contributed by atoms with Crippen molar-refractivity contribution in [1.82, 2.24) is 10.9 Å². The van der Waals surface area contributed by atoms with E-state index in [2.05, 4.69) is 52.4 Å². The highest BCUT2D eigenvalue weighted by Crippen LogP contribution is 2.17. The van der Waals surface area contributed by atoms with E-state index in [0.29, 0.717) is 11.5 Å². The predicted molar refractivity (Wildman–Crippen MR) is 64.1 cm³/mol. The third-order valence-electron chi connectivity index (χ3n) is 2.70. The van der Waals surface area contributed by atoms with Crippen LogP contribution >= 0.6 is 0 Å². The molecule has 0 saturated carbocycles. The molecule has 0 bridgehead atoms. The average Bonchev–Trinajstić information content (AvgIpc) is 2.02.